The molecule has 0 amide bonds. The summed E-state index contributed by atoms with van der Waals surface area (Å²) in [5, 5.41) is 3.09. The maximum absolute atomic E-state index is 11.1. The normalized spacial score (nSPS) is 10.5. The van der Waals surface area contributed by atoms with Crippen molar-refractivity contribution in [2.75, 3.05) is 13.1 Å². The van der Waals surface area contributed by atoms with E-state index >= 15 is 0 Å². The van der Waals surface area contributed by atoms with E-state index in [-0.39, 0.29) is 0 Å². The van der Waals surface area contributed by atoms with Gasteiger partial charge < -0.3 is 5.32 Å². The van der Waals surface area contributed by atoms with E-state index in [1.54, 1.807) is 0 Å². The van der Waals surface area contributed by atoms with Crippen LogP contribution in [0.1, 0.15) is 33.6 Å². The summed E-state index contributed by atoms with van der Waals surface area (Å²) >= 11 is 0. The lowest BCUT2D eigenvalue weighted by atomic mass is 10.1. The van der Waals surface area contributed by atoms with Crippen molar-refractivity contribution in [3.05, 3.63) is 0 Å². The Labute approximate surface area is 69.4 Å². The average molecular weight is 157 g/mol. The zero-order valence-electron chi connectivity index (χ0n) is 7.81. The van der Waals surface area contributed by atoms with Gasteiger partial charge in [0.05, 0.1) is 6.54 Å². The number of hydrogen-bond donors (Lipinski definition) is 1. The van der Waals surface area contributed by atoms with Crippen LogP contribution in [0, 0.1) is 5.92 Å². The van der Waals surface area contributed by atoms with Crippen molar-refractivity contribution in [2.24, 2.45) is 5.92 Å². The van der Waals surface area contributed by atoms with Gasteiger partial charge in [0.2, 0.25) is 0 Å². The van der Waals surface area contributed by atoms with Gasteiger partial charge in [-0.2, -0.15) is 0 Å². The molecule has 0 aliphatic heterocycles. The Hall–Kier alpha value is -0.370. The fraction of sp³-hybridized carbons (Fsp3) is 0.889. The van der Waals surface area contributed by atoms with E-state index in [1.165, 1.54) is 0 Å². The molecule has 0 fully saturated rings. The largest absolute Gasteiger partial charge is 0.310 e. The first kappa shape index (κ1) is 10.6. The highest BCUT2D eigenvalue weighted by atomic mass is 16.1. The summed E-state index contributed by atoms with van der Waals surface area (Å²) in [5.74, 6) is 0.819. The van der Waals surface area contributed by atoms with Crippen LogP contribution in [0.15, 0.2) is 0 Å². The van der Waals surface area contributed by atoms with Gasteiger partial charge in [-0.25, -0.2) is 0 Å². The van der Waals surface area contributed by atoms with E-state index in [4.69, 9.17) is 0 Å². The van der Waals surface area contributed by atoms with Crippen LogP contribution in [0.25, 0.3) is 0 Å². The van der Waals surface area contributed by atoms with Gasteiger partial charge in [-0.15, -0.1) is 0 Å². The fourth-order valence-electron chi connectivity index (χ4n) is 0.932. The van der Waals surface area contributed by atoms with E-state index in [2.05, 4.69) is 26.1 Å². The molecule has 0 aliphatic rings. The van der Waals surface area contributed by atoms with Gasteiger partial charge >= 0.3 is 0 Å². The highest BCUT2D eigenvalue weighted by Gasteiger charge is 2.02. The average Bonchev–Trinajstić information content (AvgIpc) is 1.86. The van der Waals surface area contributed by atoms with E-state index in [0.29, 0.717) is 24.7 Å². The summed E-state index contributed by atoms with van der Waals surface area (Å²) < 4.78 is 0. The van der Waals surface area contributed by atoms with Crippen LogP contribution in [0.5, 0.6) is 0 Å². The third-order valence-electron chi connectivity index (χ3n) is 1.38. The number of hydrogen-bond acceptors (Lipinski definition) is 2. The summed E-state index contributed by atoms with van der Waals surface area (Å²) in [4.78, 5) is 11.1. The number of nitrogens with one attached hydrogen (secondary N) is 1. The van der Waals surface area contributed by atoms with Crippen molar-refractivity contribution in [2.45, 2.75) is 33.6 Å². The molecule has 0 saturated carbocycles. The summed E-state index contributed by atoms with van der Waals surface area (Å²) in [6, 6.07) is 0. The number of rotatable bonds is 6. The second-order valence-electron chi connectivity index (χ2n) is 3.31. The summed E-state index contributed by atoms with van der Waals surface area (Å²) in [7, 11) is 0. The molecule has 0 atom stereocenters. The molecule has 0 aromatic carbocycles. The third-order valence-corrected chi connectivity index (χ3v) is 1.38. The predicted octanol–water partition coefficient (Wildman–Crippen LogP) is 1.60. The van der Waals surface area contributed by atoms with E-state index in [1.807, 2.05) is 0 Å². The SMILES string of the molecule is CCCNCC(=O)CC(C)C. The minimum atomic E-state index is 0.327. The van der Waals surface area contributed by atoms with Gasteiger partial charge in [-0.05, 0) is 18.9 Å². The Balaban J connectivity index is 3.23. The molecule has 0 unspecified atom stereocenters. The minimum Gasteiger partial charge on any atom is -0.310 e. The highest BCUT2D eigenvalue weighted by molar-refractivity contribution is 5.80. The Kier molecular flexibility index (Phi) is 6.13. The molecule has 0 rings (SSSR count). The van der Waals surface area contributed by atoms with Crippen molar-refractivity contribution in [3.8, 4) is 0 Å². The van der Waals surface area contributed by atoms with Crippen LogP contribution in [-0.2, 0) is 4.79 Å². The first-order valence-corrected chi connectivity index (χ1v) is 4.39. The van der Waals surface area contributed by atoms with E-state index < -0.39 is 0 Å². The van der Waals surface area contributed by atoms with Crippen molar-refractivity contribution in [1.29, 1.82) is 0 Å². The number of ketones is 1. The van der Waals surface area contributed by atoms with Gasteiger partial charge in [0, 0.05) is 6.42 Å². The highest BCUT2D eigenvalue weighted by Crippen LogP contribution is 1.98. The summed E-state index contributed by atoms with van der Waals surface area (Å²) in [5.41, 5.74) is 0. The zero-order valence-corrected chi connectivity index (χ0v) is 7.81. The lowest BCUT2D eigenvalue weighted by molar-refractivity contribution is -0.118. The molecule has 11 heavy (non-hydrogen) atoms. The van der Waals surface area contributed by atoms with Gasteiger partial charge in [0.15, 0.2) is 0 Å². The van der Waals surface area contributed by atoms with Crippen LogP contribution in [0.3, 0.4) is 0 Å². The second-order valence-corrected chi connectivity index (χ2v) is 3.31. The molecular formula is C9H19NO. The van der Waals surface area contributed by atoms with Crippen LogP contribution in [0.2, 0.25) is 0 Å². The molecule has 0 saturated heterocycles. The smallest absolute Gasteiger partial charge is 0.146 e. The molecular weight excluding hydrogens is 138 g/mol. The molecule has 0 aliphatic carbocycles. The molecule has 0 heterocycles. The Bertz CT molecular complexity index is 110. The molecule has 0 radical (unpaired) electrons. The molecule has 0 bridgehead atoms. The van der Waals surface area contributed by atoms with Crippen LogP contribution >= 0.6 is 0 Å². The maximum Gasteiger partial charge on any atom is 0.146 e. The molecule has 0 aromatic rings. The van der Waals surface area contributed by atoms with Gasteiger partial charge in [0.25, 0.3) is 0 Å². The van der Waals surface area contributed by atoms with Gasteiger partial charge in [-0.1, -0.05) is 20.8 Å². The van der Waals surface area contributed by atoms with Crippen LogP contribution in [-0.4, -0.2) is 18.9 Å². The van der Waals surface area contributed by atoms with Gasteiger partial charge in [-0.3, -0.25) is 4.79 Å². The lowest BCUT2D eigenvalue weighted by Gasteiger charge is -2.04. The Morgan fingerprint density at radius 3 is 2.55 bits per heavy atom. The van der Waals surface area contributed by atoms with Crippen LogP contribution < -0.4 is 5.32 Å². The number of carbonyl (C=O) groups excluding carboxylic acids is 1. The predicted molar refractivity (Wildman–Crippen MR) is 47.6 cm³/mol. The molecule has 0 spiro atoms. The van der Waals surface area contributed by atoms with E-state index in [9.17, 15) is 4.79 Å². The standard InChI is InChI=1S/C9H19NO/c1-4-5-10-7-9(11)6-8(2)3/h8,10H,4-7H2,1-3H3. The number of carbonyl (C=O) groups is 1. The maximum atomic E-state index is 11.1. The molecule has 0 aromatic heterocycles. The summed E-state index contributed by atoms with van der Waals surface area (Å²) in [6.45, 7) is 7.73. The van der Waals surface area contributed by atoms with Crippen LogP contribution in [0.4, 0.5) is 0 Å². The minimum absolute atomic E-state index is 0.327. The topological polar surface area (TPSA) is 29.1 Å². The lowest BCUT2D eigenvalue weighted by Crippen LogP contribution is -2.24. The Morgan fingerprint density at radius 2 is 2.09 bits per heavy atom. The monoisotopic (exact) mass is 157 g/mol. The summed E-state index contributed by atoms with van der Waals surface area (Å²) in [6.07, 6.45) is 1.80. The second kappa shape index (κ2) is 6.35. The van der Waals surface area contributed by atoms with Crippen molar-refractivity contribution >= 4 is 5.78 Å². The van der Waals surface area contributed by atoms with Gasteiger partial charge in [0.1, 0.15) is 5.78 Å². The Morgan fingerprint density at radius 1 is 1.45 bits per heavy atom. The molecule has 2 nitrogen and oxygen atoms in total. The molecule has 66 valence electrons. The third kappa shape index (κ3) is 7.53. The molecule has 1 N–H and O–H groups in total. The van der Waals surface area contributed by atoms with Crippen molar-refractivity contribution in [1.82, 2.24) is 5.32 Å². The zero-order chi connectivity index (χ0) is 8.69. The number of Topliss-reactive ketones (excluding diaryl/α,β-unsaturated/α-hetero) is 1. The van der Waals surface area contributed by atoms with Crippen molar-refractivity contribution in [3.63, 3.8) is 0 Å². The first-order valence-electron chi connectivity index (χ1n) is 4.39. The molecule has 2 heteroatoms. The quantitative estimate of drug-likeness (QED) is 0.593. The fourth-order valence-corrected chi connectivity index (χ4v) is 0.932. The van der Waals surface area contributed by atoms with E-state index in [0.717, 1.165) is 13.0 Å². The van der Waals surface area contributed by atoms with Crippen molar-refractivity contribution < 1.29 is 4.79 Å². The first-order chi connectivity index (χ1) is 5.16.